The second kappa shape index (κ2) is 10.7. The minimum atomic E-state index is -0.430. The number of para-hydroxylation sites is 1. The third-order valence-corrected chi connectivity index (χ3v) is 8.00. The first-order chi connectivity index (χ1) is 18.6. The van der Waals surface area contributed by atoms with E-state index in [1.807, 2.05) is 35.0 Å². The van der Waals surface area contributed by atoms with Crippen LogP contribution in [0.1, 0.15) is 45.1 Å². The van der Waals surface area contributed by atoms with Crippen LogP contribution < -0.4 is 15.8 Å². The number of halogens is 1. The van der Waals surface area contributed by atoms with Crippen molar-refractivity contribution in [1.82, 2.24) is 30.0 Å². The Morgan fingerprint density at radius 1 is 1.03 bits per heavy atom. The highest BCUT2D eigenvalue weighted by atomic mass is 19.1. The van der Waals surface area contributed by atoms with Crippen LogP contribution in [0.15, 0.2) is 54.9 Å². The van der Waals surface area contributed by atoms with E-state index in [9.17, 15) is 0 Å². The zero-order valence-corrected chi connectivity index (χ0v) is 21.7. The molecule has 1 aliphatic carbocycles. The van der Waals surface area contributed by atoms with Gasteiger partial charge in [0.2, 0.25) is 0 Å². The van der Waals surface area contributed by atoms with Gasteiger partial charge in [0.1, 0.15) is 35.2 Å². The lowest BCUT2D eigenvalue weighted by atomic mass is 9.89. The molecule has 2 aromatic carbocycles. The van der Waals surface area contributed by atoms with Crippen molar-refractivity contribution in [3.05, 3.63) is 60.7 Å². The van der Waals surface area contributed by atoms with Gasteiger partial charge in [-0.05, 0) is 56.4 Å². The zero-order chi connectivity index (χ0) is 26.1. The average Bonchev–Trinajstić information content (AvgIpc) is 3.34. The zero-order valence-electron chi connectivity index (χ0n) is 21.7. The number of benzene rings is 2. The molecule has 0 radical (unpaired) electrons. The van der Waals surface area contributed by atoms with Crippen LogP contribution in [0, 0.1) is 5.82 Å². The molecule has 2 aliphatic rings. The number of nitrogens with one attached hydrogen (secondary N) is 1. The molecule has 2 aromatic heterocycles. The van der Waals surface area contributed by atoms with Crippen LogP contribution in [-0.2, 0) is 0 Å². The summed E-state index contributed by atoms with van der Waals surface area (Å²) in [5, 5.41) is 9.12. The Hall–Kier alpha value is -3.56. The van der Waals surface area contributed by atoms with Crippen LogP contribution in [0.3, 0.4) is 0 Å². The van der Waals surface area contributed by atoms with Crippen molar-refractivity contribution in [3.8, 4) is 22.8 Å². The van der Waals surface area contributed by atoms with Crippen molar-refractivity contribution < 1.29 is 9.13 Å². The maximum Gasteiger partial charge on any atom is 0.164 e. The van der Waals surface area contributed by atoms with Crippen LogP contribution in [0.25, 0.3) is 22.3 Å². The van der Waals surface area contributed by atoms with Gasteiger partial charge in [-0.1, -0.05) is 25.1 Å². The van der Waals surface area contributed by atoms with Crippen LogP contribution in [0.5, 0.6) is 11.5 Å². The lowest BCUT2D eigenvalue weighted by molar-refractivity contribution is 0.101. The number of nitrogens with zero attached hydrogens (tertiary/aromatic N) is 5. The molecule has 0 spiro atoms. The number of fused-ring (bicyclic) bond motifs is 1. The number of aromatic nitrogens is 4. The van der Waals surface area contributed by atoms with E-state index < -0.39 is 5.82 Å². The van der Waals surface area contributed by atoms with Crippen LogP contribution >= 0.6 is 0 Å². The summed E-state index contributed by atoms with van der Waals surface area (Å²) in [6.07, 6.45) is 6.83. The van der Waals surface area contributed by atoms with Gasteiger partial charge in [0.15, 0.2) is 5.65 Å². The molecule has 3 heterocycles. The van der Waals surface area contributed by atoms with Crippen molar-refractivity contribution in [2.45, 2.75) is 57.2 Å². The monoisotopic (exact) mass is 515 g/mol. The predicted molar refractivity (Wildman–Crippen MR) is 147 cm³/mol. The summed E-state index contributed by atoms with van der Waals surface area (Å²) in [5.41, 5.74) is 7.79. The van der Waals surface area contributed by atoms with E-state index in [1.54, 1.807) is 12.1 Å². The number of rotatable bonds is 6. The topological polar surface area (TPSA) is 94.1 Å². The molecule has 6 rings (SSSR count). The Labute approximate surface area is 222 Å². The van der Waals surface area contributed by atoms with Crippen molar-refractivity contribution in [3.63, 3.8) is 0 Å². The fourth-order valence-corrected chi connectivity index (χ4v) is 5.94. The summed E-state index contributed by atoms with van der Waals surface area (Å²) in [6.45, 7) is 5.53. The van der Waals surface area contributed by atoms with Crippen LogP contribution in [-0.4, -0.2) is 56.4 Å². The number of ether oxygens (including phenoxy) is 1. The predicted octanol–water partition coefficient (Wildman–Crippen LogP) is 5.17. The van der Waals surface area contributed by atoms with E-state index in [4.69, 9.17) is 15.6 Å². The molecular weight excluding hydrogens is 481 g/mol. The van der Waals surface area contributed by atoms with Crippen LogP contribution in [0.4, 0.5) is 10.2 Å². The molecular formula is C29H34FN7O. The van der Waals surface area contributed by atoms with Gasteiger partial charge in [0.25, 0.3) is 0 Å². The number of nitrogens with two attached hydrogens (primary N) is 1. The molecule has 2 fully saturated rings. The molecule has 8 nitrogen and oxygen atoms in total. The lowest BCUT2D eigenvalue weighted by Crippen LogP contribution is -2.54. The Morgan fingerprint density at radius 3 is 2.58 bits per heavy atom. The third-order valence-electron chi connectivity index (χ3n) is 8.00. The fourth-order valence-electron chi connectivity index (χ4n) is 5.94. The highest BCUT2D eigenvalue weighted by Crippen LogP contribution is 2.38. The molecule has 1 saturated heterocycles. The first kappa shape index (κ1) is 24.8. The molecule has 0 amide bonds. The molecule has 4 aromatic rings. The first-order valence-corrected chi connectivity index (χ1v) is 13.6. The van der Waals surface area contributed by atoms with Gasteiger partial charge in [0, 0.05) is 43.3 Å². The van der Waals surface area contributed by atoms with Crippen molar-refractivity contribution in [1.29, 1.82) is 0 Å². The SMILES string of the molecule is CC[C@H]1CN(C2CCC(n3nc(-c4ccc(Oc5ccccc5)cc4F)c4c(N)ncnc43)CC2)CCN1. The van der Waals surface area contributed by atoms with Crippen molar-refractivity contribution in [2.24, 2.45) is 0 Å². The van der Waals surface area contributed by atoms with E-state index in [1.165, 1.54) is 12.4 Å². The van der Waals surface area contributed by atoms with Gasteiger partial charge < -0.3 is 15.8 Å². The van der Waals surface area contributed by atoms with Crippen molar-refractivity contribution >= 4 is 16.9 Å². The maximum absolute atomic E-state index is 15.4. The summed E-state index contributed by atoms with van der Waals surface area (Å²) in [6, 6.07) is 15.5. The minimum absolute atomic E-state index is 0.186. The van der Waals surface area contributed by atoms with Gasteiger partial charge in [-0.25, -0.2) is 19.0 Å². The smallest absolute Gasteiger partial charge is 0.164 e. The van der Waals surface area contributed by atoms with E-state index in [-0.39, 0.29) is 6.04 Å². The fraction of sp³-hybridized carbons (Fsp3) is 0.414. The number of nitrogen functional groups attached to an aromatic ring is 1. The molecule has 0 unspecified atom stereocenters. The summed E-state index contributed by atoms with van der Waals surface area (Å²) < 4.78 is 23.2. The van der Waals surface area contributed by atoms with E-state index in [0.29, 0.717) is 51.7 Å². The van der Waals surface area contributed by atoms with E-state index >= 15 is 4.39 Å². The van der Waals surface area contributed by atoms with E-state index in [2.05, 4.69) is 27.1 Å². The molecule has 198 valence electrons. The molecule has 1 saturated carbocycles. The Kier molecular flexibility index (Phi) is 6.95. The number of anilines is 1. The van der Waals surface area contributed by atoms with Crippen molar-refractivity contribution in [2.75, 3.05) is 25.4 Å². The standard InChI is InChI=1S/C29H34FN7O/c1-2-19-17-36(15-14-32-19)20-8-10-21(11-9-20)37-29-26(28(31)33-18-34-29)27(35-37)24-13-12-23(16-25(24)30)38-22-6-4-3-5-7-22/h3-7,12-13,16,18-21,32H,2,8-11,14-15,17H2,1H3,(H2,31,33,34)/t19-,20?,21?/m0/s1. The number of hydrogen-bond acceptors (Lipinski definition) is 7. The Bertz CT molecular complexity index is 1400. The van der Waals surface area contributed by atoms with Gasteiger partial charge >= 0.3 is 0 Å². The second-order valence-electron chi connectivity index (χ2n) is 10.3. The van der Waals surface area contributed by atoms with E-state index in [0.717, 1.165) is 51.7 Å². The maximum atomic E-state index is 15.4. The van der Waals surface area contributed by atoms with Gasteiger partial charge in [-0.2, -0.15) is 5.10 Å². The molecule has 3 N–H and O–H groups in total. The van der Waals surface area contributed by atoms with Gasteiger partial charge in [-0.3, -0.25) is 4.90 Å². The molecule has 0 bridgehead atoms. The molecule has 1 atom stereocenters. The molecule has 38 heavy (non-hydrogen) atoms. The molecule has 1 aliphatic heterocycles. The Morgan fingerprint density at radius 2 is 1.82 bits per heavy atom. The largest absolute Gasteiger partial charge is 0.457 e. The van der Waals surface area contributed by atoms with Gasteiger partial charge in [0.05, 0.1) is 11.4 Å². The minimum Gasteiger partial charge on any atom is -0.457 e. The Balaban J connectivity index is 1.26. The highest BCUT2D eigenvalue weighted by molar-refractivity contribution is 5.98. The highest BCUT2D eigenvalue weighted by Gasteiger charge is 2.31. The number of piperazine rings is 1. The van der Waals surface area contributed by atoms with Crippen LogP contribution in [0.2, 0.25) is 0 Å². The summed E-state index contributed by atoms with van der Waals surface area (Å²) in [4.78, 5) is 11.4. The molecule has 9 heteroatoms. The normalized spacial score (nSPS) is 22.5. The second-order valence-corrected chi connectivity index (χ2v) is 10.3. The lowest BCUT2D eigenvalue weighted by Gasteiger charge is -2.41. The average molecular weight is 516 g/mol. The summed E-state index contributed by atoms with van der Waals surface area (Å²) >= 11 is 0. The summed E-state index contributed by atoms with van der Waals surface area (Å²) in [5.74, 6) is 0.942. The summed E-state index contributed by atoms with van der Waals surface area (Å²) in [7, 11) is 0. The number of hydrogen-bond donors (Lipinski definition) is 2. The van der Waals surface area contributed by atoms with Gasteiger partial charge in [-0.15, -0.1) is 0 Å². The first-order valence-electron chi connectivity index (χ1n) is 13.6. The third kappa shape index (κ3) is 4.83. The quantitative estimate of drug-likeness (QED) is 0.366.